The summed E-state index contributed by atoms with van der Waals surface area (Å²) in [5.74, 6) is 0.0370. The highest BCUT2D eigenvalue weighted by molar-refractivity contribution is 5.89. The Kier molecular flexibility index (Phi) is 3.23. The molecule has 0 unspecified atom stereocenters. The monoisotopic (exact) mass is 247 g/mol. The highest BCUT2D eigenvalue weighted by Gasteiger charge is 2.12. The first kappa shape index (κ1) is 12.0. The van der Waals surface area contributed by atoms with Crippen molar-refractivity contribution in [3.05, 3.63) is 42.2 Å². The first-order valence-electron chi connectivity index (χ1n) is 5.32. The van der Waals surface area contributed by atoms with E-state index in [4.69, 9.17) is 9.47 Å². The maximum atomic E-state index is 11.8. The van der Waals surface area contributed by atoms with Gasteiger partial charge in [-0.1, -0.05) is 0 Å². The molecular formula is C13H13NO4. The number of ether oxygens (including phenoxy) is 2. The number of aromatic nitrogens is 1. The normalized spacial score (nSPS) is 10.1. The summed E-state index contributed by atoms with van der Waals surface area (Å²) in [7, 11) is 3.20. The Morgan fingerprint density at radius 2 is 2.11 bits per heavy atom. The molecule has 0 radical (unpaired) electrons. The molecule has 2 rings (SSSR count). The van der Waals surface area contributed by atoms with E-state index < -0.39 is 5.97 Å². The molecule has 1 heterocycles. The van der Waals surface area contributed by atoms with Gasteiger partial charge in [0.05, 0.1) is 7.11 Å². The van der Waals surface area contributed by atoms with Crippen molar-refractivity contribution in [3.63, 3.8) is 0 Å². The first-order chi connectivity index (χ1) is 8.61. The number of rotatable bonds is 3. The minimum atomic E-state index is -0.480. The van der Waals surface area contributed by atoms with Crippen molar-refractivity contribution >= 4 is 5.97 Å². The van der Waals surface area contributed by atoms with E-state index in [0.29, 0.717) is 11.4 Å². The first-order valence-corrected chi connectivity index (χ1v) is 5.32. The van der Waals surface area contributed by atoms with Crippen molar-refractivity contribution in [2.24, 2.45) is 7.05 Å². The Labute approximate surface area is 104 Å². The van der Waals surface area contributed by atoms with Crippen molar-refractivity contribution in [1.82, 2.24) is 4.57 Å². The molecule has 0 spiro atoms. The Morgan fingerprint density at radius 3 is 2.67 bits per heavy atom. The molecule has 0 atom stereocenters. The topological polar surface area (TPSA) is 60.7 Å². The minimum absolute atomic E-state index is 0.0744. The number of hydrogen-bond donors (Lipinski definition) is 1. The third-order valence-corrected chi connectivity index (χ3v) is 2.51. The van der Waals surface area contributed by atoms with Crippen molar-refractivity contribution < 1.29 is 19.4 Å². The van der Waals surface area contributed by atoms with Crippen LogP contribution >= 0.6 is 0 Å². The van der Waals surface area contributed by atoms with Crippen LogP contribution in [-0.2, 0) is 7.05 Å². The Morgan fingerprint density at radius 1 is 1.33 bits per heavy atom. The van der Waals surface area contributed by atoms with Gasteiger partial charge in [0, 0.05) is 19.3 Å². The number of nitrogens with zero attached hydrogens (tertiary/aromatic N) is 1. The summed E-state index contributed by atoms with van der Waals surface area (Å²) in [6.07, 6.45) is 1.75. The maximum absolute atomic E-state index is 11.8. The smallest absolute Gasteiger partial charge is 0.360 e. The van der Waals surface area contributed by atoms with Gasteiger partial charge in [0.25, 0.3) is 0 Å². The van der Waals surface area contributed by atoms with Crippen LogP contribution in [0, 0.1) is 0 Å². The van der Waals surface area contributed by atoms with Crippen LogP contribution in [0.2, 0.25) is 0 Å². The molecule has 5 heteroatoms. The molecule has 18 heavy (non-hydrogen) atoms. The summed E-state index contributed by atoms with van der Waals surface area (Å²) in [4.78, 5) is 11.8. The molecule has 0 aliphatic carbocycles. The largest absolute Gasteiger partial charge is 0.504 e. The number of hydrogen-bond acceptors (Lipinski definition) is 4. The number of aryl methyl sites for hydroxylation is 1. The van der Waals surface area contributed by atoms with Crippen molar-refractivity contribution in [2.45, 2.75) is 0 Å². The van der Waals surface area contributed by atoms with Crippen LogP contribution in [0.3, 0.4) is 0 Å². The van der Waals surface area contributed by atoms with Gasteiger partial charge in [-0.3, -0.25) is 0 Å². The number of benzene rings is 1. The molecule has 1 N–H and O–H groups in total. The van der Waals surface area contributed by atoms with Crippen LogP contribution in [0.4, 0.5) is 0 Å². The summed E-state index contributed by atoms with van der Waals surface area (Å²) in [5.41, 5.74) is 0.435. The highest BCUT2D eigenvalue weighted by atomic mass is 16.5. The SMILES string of the molecule is COc1ccc(OC(=O)c2cccn2C)cc1O. The van der Waals surface area contributed by atoms with E-state index in [1.165, 1.54) is 19.2 Å². The fourth-order valence-electron chi connectivity index (χ4n) is 1.57. The molecule has 1 aromatic carbocycles. The summed E-state index contributed by atoms with van der Waals surface area (Å²) < 4.78 is 11.7. The third kappa shape index (κ3) is 2.29. The van der Waals surface area contributed by atoms with Crippen molar-refractivity contribution in [1.29, 1.82) is 0 Å². The summed E-state index contributed by atoms with van der Waals surface area (Å²) >= 11 is 0. The van der Waals surface area contributed by atoms with E-state index in [2.05, 4.69) is 0 Å². The van der Waals surface area contributed by atoms with Crippen LogP contribution in [0.25, 0.3) is 0 Å². The fourth-order valence-corrected chi connectivity index (χ4v) is 1.57. The zero-order chi connectivity index (χ0) is 13.1. The van der Waals surface area contributed by atoms with Crippen molar-refractivity contribution in [2.75, 3.05) is 7.11 Å². The van der Waals surface area contributed by atoms with E-state index in [0.717, 1.165) is 0 Å². The van der Waals surface area contributed by atoms with Gasteiger partial charge in [-0.25, -0.2) is 4.79 Å². The van der Waals surface area contributed by atoms with Crippen molar-refractivity contribution in [3.8, 4) is 17.2 Å². The lowest BCUT2D eigenvalue weighted by molar-refractivity contribution is 0.0724. The molecule has 0 aliphatic heterocycles. The lowest BCUT2D eigenvalue weighted by atomic mass is 10.3. The number of methoxy groups -OCH3 is 1. The molecule has 1 aromatic heterocycles. The number of carbonyl (C=O) groups is 1. The van der Waals surface area contributed by atoms with Gasteiger partial charge in [0.1, 0.15) is 11.4 Å². The molecule has 0 fully saturated rings. The van der Waals surface area contributed by atoms with Gasteiger partial charge < -0.3 is 19.1 Å². The number of phenols is 1. The lowest BCUT2D eigenvalue weighted by Crippen LogP contribution is -2.12. The standard InChI is InChI=1S/C13H13NO4/c1-14-7-3-4-10(14)13(16)18-9-5-6-12(17-2)11(15)8-9/h3-8,15H,1-2H3. The van der Waals surface area contributed by atoms with Gasteiger partial charge >= 0.3 is 5.97 Å². The molecule has 0 aliphatic rings. The van der Waals surface area contributed by atoms with E-state index in [9.17, 15) is 9.90 Å². The molecule has 0 bridgehead atoms. The zero-order valence-corrected chi connectivity index (χ0v) is 10.1. The Bertz CT molecular complexity index is 574. The molecule has 0 saturated heterocycles. The van der Waals surface area contributed by atoms with Crippen LogP contribution in [0.5, 0.6) is 17.2 Å². The highest BCUT2D eigenvalue weighted by Crippen LogP contribution is 2.30. The zero-order valence-electron chi connectivity index (χ0n) is 10.1. The minimum Gasteiger partial charge on any atom is -0.504 e. The predicted molar refractivity (Wildman–Crippen MR) is 65.0 cm³/mol. The number of aromatic hydroxyl groups is 1. The van der Waals surface area contributed by atoms with E-state index >= 15 is 0 Å². The quantitative estimate of drug-likeness (QED) is 0.665. The van der Waals surface area contributed by atoms with Gasteiger partial charge in [0.2, 0.25) is 0 Å². The molecule has 5 nitrogen and oxygen atoms in total. The van der Waals surface area contributed by atoms with Gasteiger partial charge in [-0.05, 0) is 24.3 Å². The second-order valence-electron chi connectivity index (χ2n) is 3.73. The lowest BCUT2D eigenvalue weighted by Gasteiger charge is -2.07. The maximum Gasteiger partial charge on any atom is 0.360 e. The van der Waals surface area contributed by atoms with E-state index in [1.807, 2.05) is 0 Å². The average Bonchev–Trinajstić information content (AvgIpc) is 2.76. The fraction of sp³-hybridized carbons (Fsp3) is 0.154. The van der Waals surface area contributed by atoms with Crippen LogP contribution < -0.4 is 9.47 Å². The molecule has 2 aromatic rings. The van der Waals surface area contributed by atoms with Gasteiger partial charge in [-0.2, -0.15) is 0 Å². The number of carbonyl (C=O) groups excluding carboxylic acids is 1. The van der Waals surface area contributed by atoms with Crippen LogP contribution in [-0.4, -0.2) is 22.8 Å². The second-order valence-corrected chi connectivity index (χ2v) is 3.73. The van der Waals surface area contributed by atoms with Crippen LogP contribution in [0.1, 0.15) is 10.5 Å². The summed E-state index contributed by atoms with van der Waals surface area (Å²) in [6, 6.07) is 7.83. The Hall–Kier alpha value is -2.43. The molecule has 0 amide bonds. The van der Waals surface area contributed by atoms with Gasteiger partial charge in [0.15, 0.2) is 11.5 Å². The van der Waals surface area contributed by atoms with E-state index in [-0.39, 0.29) is 11.5 Å². The average molecular weight is 247 g/mol. The number of esters is 1. The second kappa shape index (κ2) is 4.83. The molecular weight excluding hydrogens is 234 g/mol. The third-order valence-electron chi connectivity index (χ3n) is 2.51. The predicted octanol–water partition coefficient (Wildman–Crippen LogP) is 1.96. The van der Waals surface area contributed by atoms with E-state index in [1.54, 1.807) is 36.0 Å². The molecule has 0 saturated carbocycles. The number of phenolic OH excluding ortho intramolecular Hbond substituents is 1. The summed E-state index contributed by atoms with van der Waals surface area (Å²) in [5, 5.41) is 9.57. The molecule has 94 valence electrons. The summed E-state index contributed by atoms with van der Waals surface area (Å²) in [6.45, 7) is 0. The Balaban J connectivity index is 2.17. The van der Waals surface area contributed by atoms with Gasteiger partial charge in [-0.15, -0.1) is 0 Å². The van der Waals surface area contributed by atoms with Crippen LogP contribution in [0.15, 0.2) is 36.5 Å².